The Morgan fingerprint density at radius 1 is 1.28 bits per heavy atom. The van der Waals surface area contributed by atoms with Gasteiger partial charge in [-0.25, -0.2) is 0 Å². The van der Waals surface area contributed by atoms with Crippen LogP contribution in [0.5, 0.6) is 5.75 Å². The minimum atomic E-state index is -4.56. The fraction of sp³-hybridized carbons (Fsp3) is 0.417. The lowest BCUT2D eigenvalue weighted by molar-refractivity contribution is -0.139. The average Bonchev–Trinajstić information content (AvgIpc) is 2.28. The molecule has 0 atom stereocenters. The first-order valence-electron chi connectivity index (χ1n) is 5.20. The molecule has 0 aliphatic rings. The zero-order chi connectivity index (χ0) is 13.8. The van der Waals surface area contributed by atoms with Crippen LogP contribution in [0.4, 0.5) is 13.2 Å². The highest BCUT2D eigenvalue weighted by atomic mass is 19.4. The van der Waals surface area contributed by atoms with E-state index >= 15 is 0 Å². The predicted molar refractivity (Wildman–Crippen MR) is 58.8 cm³/mol. The highest BCUT2D eigenvalue weighted by Gasteiger charge is 2.35. The quantitative estimate of drug-likeness (QED) is 0.604. The van der Waals surface area contributed by atoms with E-state index in [4.69, 9.17) is 9.47 Å². The maximum atomic E-state index is 12.8. The predicted octanol–water partition coefficient (Wildman–Crippen LogP) is 2.93. The van der Waals surface area contributed by atoms with Crippen molar-refractivity contribution in [3.05, 3.63) is 29.3 Å². The molecule has 0 fully saturated rings. The van der Waals surface area contributed by atoms with Crippen LogP contribution in [0.1, 0.15) is 22.8 Å². The van der Waals surface area contributed by atoms with Gasteiger partial charge in [0.15, 0.2) is 5.78 Å². The van der Waals surface area contributed by atoms with Crippen LogP contribution < -0.4 is 4.74 Å². The minimum Gasteiger partial charge on any atom is -0.491 e. The molecule has 0 amide bonds. The van der Waals surface area contributed by atoms with E-state index in [0.29, 0.717) is 0 Å². The molecule has 0 spiro atoms. The average molecular weight is 262 g/mol. The summed E-state index contributed by atoms with van der Waals surface area (Å²) in [7, 11) is 1.42. The maximum Gasteiger partial charge on any atom is 0.419 e. The topological polar surface area (TPSA) is 35.5 Å². The summed E-state index contributed by atoms with van der Waals surface area (Å²) in [6.07, 6.45) is -4.56. The zero-order valence-electron chi connectivity index (χ0n) is 10.0. The molecular formula is C12H13F3O3. The van der Waals surface area contributed by atoms with Gasteiger partial charge in [0.1, 0.15) is 12.4 Å². The van der Waals surface area contributed by atoms with Crippen LogP contribution in [0.3, 0.4) is 0 Å². The second-order valence-corrected chi connectivity index (χ2v) is 3.61. The molecule has 100 valence electrons. The maximum absolute atomic E-state index is 12.8. The second-order valence-electron chi connectivity index (χ2n) is 3.61. The van der Waals surface area contributed by atoms with E-state index in [2.05, 4.69) is 0 Å². The lowest BCUT2D eigenvalue weighted by Gasteiger charge is -2.14. The molecule has 0 saturated carbocycles. The van der Waals surface area contributed by atoms with Gasteiger partial charge in [0.2, 0.25) is 0 Å². The van der Waals surface area contributed by atoms with E-state index in [-0.39, 0.29) is 24.5 Å². The molecule has 18 heavy (non-hydrogen) atoms. The molecule has 0 aliphatic heterocycles. The van der Waals surface area contributed by atoms with Crippen molar-refractivity contribution in [2.45, 2.75) is 13.1 Å². The highest BCUT2D eigenvalue weighted by molar-refractivity contribution is 5.94. The molecule has 0 heterocycles. The van der Waals surface area contributed by atoms with E-state index in [1.807, 2.05) is 0 Å². The molecule has 1 aromatic carbocycles. The van der Waals surface area contributed by atoms with E-state index in [9.17, 15) is 18.0 Å². The fourth-order valence-corrected chi connectivity index (χ4v) is 1.33. The van der Waals surface area contributed by atoms with Crippen LogP contribution in [0, 0.1) is 0 Å². The SMILES string of the molecule is COCCOc1ccc(C(C)=O)cc1C(F)(F)F. The summed E-state index contributed by atoms with van der Waals surface area (Å²) >= 11 is 0. The zero-order valence-corrected chi connectivity index (χ0v) is 10.0. The summed E-state index contributed by atoms with van der Waals surface area (Å²) in [5, 5.41) is 0. The number of carbonyl (C=O) groups excluding carboxylic acids is 1. The number of methoxy groups -OCH3 is 1. The van der Waals surface area contributed by atoms with Crippen molar-refractivity contribution in [1.29, 1.82) is 0 Å². The largest absolute Gasteiger partial charge is 0.491 e. The normalized spacial score (nSPS) is 11.4. The Hall–Kier alpha value is -1.56. The number of benzene rings is 1. The summed E-state index contributed by atoms with van der Waals surface area (Å²) in [4.78, 5) is 11.1. The molecule has 3 nitrogen and oxygen atoms in total. The van der Waals surface area contributed by atoms with Crippen LogP contribution in [-0.2, 0) is 10.9 Å². The van der Waals surface area contributed by atoms with Crippen molar-refractivity contribution in [2.24, 2.45) is 0 Å². The molecule has 1 rings (SSSR count). The first-order valence-corrected chi connectivity index (χ1v) is 5.20. The number of halogens is 3. The van der Waals surface area contributed by atoms with Crippen LogP contribution in [-0.4, -0.2) is 26.1 Å². The number of alkyl halides is 3. The summed E-state index contributed by atoms with van der Waals surface area (Å²) in [6.45, 7) is 1.41. The monoisotopic (exact) mass is 262 g/mol. The van der Waals surface area contributed by atoms with Crippen molar-refractivity contribution in [1.82, 2.24) is 0 Å². The summed E-state index contributed by atoms with van der Waals surface area (Å²) in [5.41, 5.74) is -0.951. The van der Waals surface area contributed by atoms with Gasteiger partial charge >= 0.3 is 6.18 Å². The van der Waals surface area contributed by atoms with Crippen LogP contribution in [0.2, 0.25) is 0 Å². The first kappa shape index (κ1) is 14.5. The van der Waals surface area contributed by atoms with Crippen LogP contribution in [0.25, 0.3) is 0 Å². The molecule has 0 radical (unpaired) electrons. The Kier molecular flexibility index (Phi) is 4.72. The van der Waals surface area contributed by atoms with Gasteiger partial charge in [-0.1, -0.05) is 0 Å². The third-order valence-electron chi connectivity index (χ3n) is 2.24. The van der Waals surface area contributed by atoms with Gasteiger partial charge in [-0.2, -0.15) is 13.2 Å². The lowest BCUT2D eigenvalue weighted by atomic mass is 10.1. The standard InChI is InChI=1S/C12H13F3O3/c1-8(16)9-3-4-11(18-6-5-17-2)10(7-9)12(13,14)15/h3-4,7H,5-6H2,1-2H3. The molecule has 0 aliphatic carbocycles. The van der Waals surface area contributed by atoms with Gasteiger partial charge in [0.25, 0.3) is 0 Å². The first-order chi connectivity index (χ1) is 8.36. The molecule has 0 saturated heterocycles. The number of hydrogen-bond acceptors (Lipinski definition) is 3. The molecule has 0 N–H and O–H groups in total. The Balaban J connectivity index is 3.05. The molecule has 0 unspecified atom stereocenters. The summed E-state index contributed by atoms with van der Waals surface area (Å²) in [6, 6.07) is 3.25. The number of carbonyl (C=O) groups is 1. The number of rotatable bonds is 5. The third kappa shape index (κ3) is 3.73. The van der Waals surface area contributed by atoms with E-state index < -0.39 is 17.5 Å². The molecule has 0 bridgehead atoms. The van der Waals surface area contributed by atoms with E-state index in [1.165, 1.54) is 20.1 Å². The van der Waals surface area contributed by atoms with Crippen LogP contribution in [0.15, 0.2) is 18.2 Å². The molecular weight excluding hydrogens is 249 g/mol. The molecule has 1 aromatic rings. The number of ether oxygens (including phenoxy) is 2. The van der Waals surface area contributed by atoms with Gasteiger partial charge in [0, 0.05) is 12.7 Å². The van der Waals surface area contributed by atoms with Gasteiger partial charge in [0.05, 0.1) is 12.2 Å². The van der Waals surface area contributed by atoms with Gasteiger partial charge in [-0.05, 0) is 25.1 Å². The summed E-state index contributed by atoms with van der Waals surface area (Å²) in [5.74, 6) is -0.728. The molecule has 6 heteroatoms. The number of hydrogen-bond donors (Lipinski definition) is 0. The van der Waals surface area contributed by atoms with Crippen molar-refractivity contribution in [2.75, 3.05) is 20.3 Å². The van der Waals surface area contributed by atoms with Gasteiger partial charge in [-0.3, -0.25) is 4.79 Å². The van der Waals surface area contributed by atoms with E-state index in [0.717, 1.165) is 12.1 Å². The van der Waals surface area contributed by atoms with Gasteiger partial charge in [-0.15, -0.1) is 0 Å². The lowest BCUT2D eigenvalue weighted by Crippen LogP contribution is -2.12. The Morgan fingerprint density at radius 3 is 2.44 bits per heavy atom. The second kappa shape index (κ2) is 5.86. The molecule has 0 aromatic heterocycles. The van der Waals surface area contributed by atoms with Crippen molar-refractivity contribution in [3.63, 3.8) is 0 Å². The minimum absolute atomic E-state index is 0.00131. The highest BCUT2D eigenvalue weighted by Crippen LogP contribution is 2.36. The van der Waals surface area contributed by atoms with Gasteiger partial charge < -0.3 is 9.47 Å². The number of Topliss-reactive ketones (excluding diaryl/α,β-unsaturated/α-hetero) is 1. The Bertz CT molecular complexity index is 427. The third-order valence-corrected chi connectivity index (χ3v) is 2.24. The Morgan fingerprint density at radius 2 is 1.94 bits per heavy atom. The fourth-order valence-electron chi connectivity index (χ4n) is 1.33. The van der Waals surface area contributed by atoms with Crippen molar-refractivity contribution in [3.8, 4) is 5.75 Å². The van der Waals surface area contributed by atoms with Crippen molar-refractivity contribution < 1.29 is 27.4 Å². The Labute approximate surface area is 103 Å². The van der Waals surface area contributed by atoms with Crippen LogP contribution >= 0.6 is 0 Å². The van der Waals surface area contributed by atoms with E-state index in [1.54, 1.807) is 0 Å². The smallest absolute Gasteiger partial charge is 0.419 e. The number of ketones is 1. The summed E-state index contributed by atoms with van der Waals surface area (Å²) < 4.78 is 48.0. The van der Waals surface area contributed by atoms with Crippen molar-refractivity contribution >= 4 is 5.78 Å².